The van der Waals surface area contributed by atoms with Gasteiger partial charge in [-0.2, -0.15) is 0 Å². The fraction of sp³-hybridized carbons (Fsp3) is 0.250. The van der Waals surface area contributed by atoms with Gasteiger partial charge in [0, 0.05) is 24.3 Å². The zero-order chi connectivity index (χ0) is 8.97. The van der Waals surface area contributed by atoms with Crippen molar-refractivity contribution in [3.8, 4) is 0 Å². The summed E-state index contributed by atoms with van der Waals surface area (Å²) in [6, 6.07) is 0. The number of rotatable bonds is 2. The Labute approximate surface area is 70.3 Å². The van der Waals surface area contributed by atoms with E-state index in [2.05, 4.69) is 10.3 Å². The summed E-state index contributed by atoms with van der Waals surface area (Å²) in [5.74, 6) is -1.41. The van der Waals surface area contributed by atoms with E-state index in [0.29, 0.717) is 5.70 Å². The van der Waals surface area contributed by atoms with E-state index in [9.17, 15) is 4.79 Å². The zero-order valence-electron chi connectivity index (χ0n) is 6.69. The van der Waals surface area contributed by atoms with Crippen LogP contribution in [0.4, 0.5) is 0 Å². The number of carboxylic acids is 1. The minimum absolute atomic E-state index is 0.551. The Bertz CT molecular complexity index is 266. The highest BCUT2D eigenvalue weighted by Gasteiger charge is 2.15. The summed E-state index contributed by atoms with van der Waals surface area (Å²) in [6.45, 7) is 1.61. The lowest BCUT2D eigenvalue weighted by Gasteiger charge is -2.09. The van der Waals surface area contributed by atoms with Gasteiger partial charge in [0.15, 0.2) is 0 Å². The second-order valence-corrected chi connectivity index (χ2v) is 2.45. The molecule has 0 aromatic heterocycles. The number of aliphatic imine (C=N–C) groups is 1. The first kappa shape index (κ1) is 8.52. The monoisotopic (exact) mass is 166 g/mol. The molecule has 0 aromatic rings. The second kappa shape index (κ2) is 3.71. The molecule has 1 aliphatic heterocycles. The van der Waals surface area contributed by atoms with Gasteiger partial charge < -0.3 is 10.4 Å². The summed E-state index contributed by atoms with van der Waals surface area (Å²) in [4.78, 5) is 14.4. The topological polar surface area (TPSA) is 61.7 Å². The van der Waals surface area contributed by atoms with Gasteiger partial charge in [0.1, 0.15) is 0 Å². The maximum absolute atomic E-state index is 10.6. The number of allylic oxidation sites excluding steroid dienone is 1. The molecule has 0 spiro atoms. The van der Waals surface area contributed by atoms with Gasteiger partial charge in [-0.15, -0.1) is 0 Å². The first-order valence-electron chi connectivity index (χ1n) is 3.59. The van der Waals surface area contributed by atoms with E-state index in [-0.39, 0.29) is 0 Å². The molecule has 2 N–H and O–H groups in total. The molecule has 0 radical (unpaired) electrons. The molecule has 0 fully saturated rings. The molecule has 0 amide bonds. The van der Waals surface area contributed by atoms with Gasteiger partial charge in [-0.25, -0.2) is 0 Å². The van der Waals surface area contributed by atoms with Crippen molar-refractivity contribution in [3.05, 3.63) is 24.2 Å². The van der Waals surface area contributed by atoms with E-state index in [4.69, 9.17) is 5.11 Å². The number of aliphatic carboxylic acids is 1. The molecule has 0 saturated carbocycles. The van der Waals surface area contributed by atoms with Gasteiger partial charge in [0.05, 0.1) is 5.92 Å². The predicted molar refractivity (Wildman–Crippen MR) is 45.7 cm³/mol. The van der Waals surface area contributed by atoms with E-state index in [1.165, 1.54) is 6.20 Å². The van der Waals surface area contributed by atoms with Crippen LogP contribution in [-0.2, 0) is 4.79 Å². The SMILES string of the molecule is CC(C(=O)O)C1=CN=CC=CN1. The van der Waals surface area contributed by atoms with Gasteiger partial charge >= 0.3 is 5.97 Å². The van der Waals surface area contributed by atoms with Crippen molar-refractivity contribution in [1.29, 1.82) is 0 Å². The van der Waals surface area contributed by atoms with Crippen LogP contribution >= 0.6 is 0 Å². The number of nitrogens with zero attached hydrogens (tertiary/aromatic N) is 1. The fourth-order valence-corrected chi connectivity index (χ4v) is 0.767. The molecule has 1 aliphatic rings. The Hall–Kier alpha value is -1.58. The van der Waals surface area contributed by atoms with Crippen molar-refractivity contribution in [3.63, 3.8) is 0 Å². The number of carbonyl (C=O) groups is 1. The summed E-state index contributed by atoms with van der Waals surface area (Å²) < 4.78 is 0. The maximum Gasteiger partial charge on any atom is 0.312 e. The lowest BCUT2D eigenvalue weighted by atomic mass is 10.1. The Balaban J connectivity index is 2.74. The van der Waals surface area contributed by atoms with Crippen LogP contribution in [0.5, 0.6) is 0 Å². The predicted octanol–water partition coefficient (Wildman–Crippen LogP) is 0.736. The molecule has 0 aliphatic carbocycles. The zero-order valence-corrected chi connectivity index (χ0v) is 6.69. The standard InChI is InChI=1S/C8H10N2O2/c1-6(8(11)12)7-5-9-3-2-4-10-7/h2-6,10H,1H3,(H,11,12). The maximum atomic E-state index is 10.6. The average molecular weight is 166 g/mol. The van der Waals surface area contributed by atoms with Crippen LogP contribution in [0.1, 0.15) is 6.92 Å². The van der Waals surface area contributed by atoms with Crippen LogP contribution in [0.2, 0.25) is 0 Å². The average Bonchev–Trinajstić information content (AvgIpc) is 2.30. The Morgan fingerprint density at radius 1 is 1.75 bits per heavy atom. The number of hydrogen-bond donors (Lipinski definition) is 2. The van der Waals surface area contributed by atoms with Crippen molar-refractivity contribution < 1.29 is 9.90 Å². The van der Waals surface area contributed by atoms with Crippen LogP contribution in [-0.4, -0.2) is 17.3 Å². The van der Waals surface area contributed by atoms with E-state index in [1.54, 1.807) is 25.4 Å². The third-order valence-corrected chi connectivity index (χ3v) is 1.57. The minimum atomic E-state index is -0.862. The summed E-state index contributed by atoms with van der Waals surface area (Å²) >= 11 is 0. The van der Waals surface area contributed by atoms with Gasteiger partial charge in [-0.3, -0.25) is 9.79 Å². The largest absolute Gasteiger partial charge is 0.481 e. The highest BCUT2D eigenvalue weighted by molar-refractivity contribution is 5.75. The normalized spacial score (nSPS) is 17.6. The summed E-state index contributed by atoms with van der Waals surface area (Å²) in [5.41, 5.74) is 0.590. The van der Waals surface area contributed by atoms with Gasteiger partial charge in [0.25, 0.3) is 0 Å². The van der Waals surface area contributed by atoms with Crippen molar-refractivity contribution >= 4 is 12.2 Å². The lowest BCUT2D eigenvalue weighted by Crippen LogP contribution is -2.20. The van der Waals surface area contributed by atoms with Gasteiger partial charge in [0.2, 0.25) is 0 Å². The molecule has 64 valence electrons. The van der Waals surface area contributed by atoms with E-state index in [0.717, 1.165) is 0 Å². The molecule has 12 heavy (non-hydrogen) atoms. The molecule has 4 heteroatoms. The van der Waals surface area contributed by atoms with Gasteiger partial charge in [-0.1, -0.05) is 0 Å². The minimum Gasteiger partial charge on any atom is -0.481 e. The van der Waals surface area contributed by atoms with Gasteiger partial charge in [-0.05, 0) is 13.0 Å². The van der Waals surface area contributed by atoms with Crippen LogP contribution in [0.3, 0.4) is 0 Å². The van der Waals surface area contributed by atoms with Crippen molar-refractivity contribution in [2.24, 2.45) is 10.9 Å². The highest BCUT2D eigenvalue weighted by Crippen LogP contribution is 2.08. The molecule has 0 bridgehead atoms. The first-order chi connectivity index (χ1) is 5.72. The van der Waals surface area contributed by atoms with Crippen LogP contribution in [0, 0.1) is 5.92 Å². The Kier molecular flexibility index (Phi) is 2.63. The molecule has 1 heterocycles. The van der Waals surface area contributed by atoms with Crippen molar-refractivity contribution in [1.82, 2.24) is 5.32 Å². The third kappa shape index (κ3) is 1.95. The van der Waals surface area contributed by atoms with Crippen LogP contribution < -0.4 is 5.32 Å². The molecule has 1 rings (SSSR count). The van der Waals surface area contributed by atoms with E-state index >= 15 is 0 Å². The number of nitrogens with one attached hydrogen (secondary N) is 1. The molecule has 0 aromatic carbocycles. The second-order valence-electron chi connectivity index (χ2n) is 2.45. The van der Waals surface area contributed by atoms with E-state index in [1.807, 2.05) is 0 Å². The smallest absolute Gasteiger partial charge is 0.312 e. The number of carboxylic acid groups (broad SMARTS) is 1. The lowest BCUT2D eigenvalue weighted by molar-refractivity contribution is -0.139. The Morgan fingerprint density at radius 2 is 2.50 bits per heavy atom. The number of hydrogen-bond acceptors (Lipinski definition) is 3. The molecule has 1 atom stereocenters. The molecular formula is C8H10N2O2. The summed E-state index contributed by atoms with van der Waals surface area (Å²) in [6.07, 6.45) is 6.47. The first-order valence-corrected chi connectivity index (χ1v) is 3.59. The highest BCUT2D eigenvalue weighted by atomic mass is 16.4. The quantitative estimate of drug-likeness (QED) is 0.635. The molecular weight excluding hydrogens is 156 g/mol. The van der Waals surface area contributed by atoms with Crippen LogP contribution in [0.15, 0.2) is 29.2 Å². The molecule has 4 nitrogen and oxygen atoms in total. The summed E-state index contributed by atoms with van der Waals surface area (Å²) in [5, 5.41) is 11.5. The van der Waals surface area contributed by atoms with E-state index < -0.39 is 11.9 Å². The summed E-state index contributed by atoms with van der Waals surface area (Å²) in [7, 11) is 0. The molecule has 1 unspecified atom stereocenters. The van der Waals surface area contributed by atoms with Crippen LogP contribution in [0.25, 0.3) is 0 Å². The van der Waals surface area contributed by atoms with Crippen molar-refractivity contribution in [2.75, 3.05) is 0 Å². The third-order valence-electron chi connectivity index (χ3n) is 1.57. The Morgan fingerprint density at radius 3 is 3.17 bits per heavy atom. The molecule has 0 saturated heterocycles. The fourth-order valence-electron chi connectivity index (χ4n) is 0.767. The van der Waals surface area contributed by atoms with Crippen molar-refractivity contribution in [2.45, 2.75) is 6.92 Å².